The molecule has 0 saturated carbocycles. The van der Waals surface area contributed by atoms with Gasteiger partial charge >= 0.3 is 12.4 Å². The first-order valence-corrected chi connectivity index (χ1v) is 15.1. The van der Waals surface area contributed by atoms with Gasteiger partial charge in [0.25, 0.3) is 0 Å². The lowest BCUT2D eigenvalue weighted by molar-refractivity contribution is -0.274. The Morgan fingerprint density at radius 2 is 1.69 bits per heavy atom. The first-order valence-electron chi connectivity index (χ1n) is 14.2. The fourth-order valence-electron chi connectivity index (χ4n) is 5.19. The SMILES string of the molecule is Cc1cccc(-n2c(C)csc2=NC(=O)NC(C)(C)c2ccc(-c3ncn(-c4ccc(OC(F)(F)F)cc4)n3)cc2)c1C(C)C. The average molecular weight is 635 g/mol. The Morgan fingerprint density at radius 3 is 2.33 bits per heavy atom. The van der Waals surface area contributed by atoms with Crippen molar-refractivity contribution in [2.45, 2.75) is 59.4 Å². The van der Waals surface area contributed by atoms with Gasteiger partial charge in [-0.15, -0.1) is 29.6 Å². The number of aryl methyl sites for hydroxylation is 2. The molecule has 45 heavy (non-hydrogen) atoms. The molecule has 3 aromatic carbocycles. The number of carbonyl (C=O) groups excluding carboxylic acids is 1. The van der Waals surface area contributed by atoms with E-state index in [2.05, 4.69) is 58.0 Å². The standard InChI is InChI=1S/C33H33F3N6O2S/c1-20(2)28-21(3)8-7-9-27(28)42-22(4)18-45-31(42)38-30(43)39-32(5,6)24-12-10-23(11-13-24)29-37-19-41(40-29)25-14-16-26(17-15-25)44-33(34,35)36/h7-20H,1-6H3,(H,39,43). The maximum Gasteiger partial charge on any atom is 0.573 e. The number of thiazole rings is 1. The molecule has 0 atom stereocenters. The summed E-state index contributed by atoms with van der Waals surface area (Å²) in [5.41, 5.74) is 5.80. The van der Waals surface area contributed by atoms with Crippen LogP contribution in [0.1, 0.15) is 56.0 Å². The van der Waals surface area contributed by atoms with E-state index in [4.69, 9.17) is 0 Å². The molecular weight excluding hydrogens is 601 g/mol. The molecule has 0 radical (unpaired) electrons. The van der Waals surface area contributed by atoms with Crippen molar-refractivity contribution in [1.29, 1.82) is 0 Å². The van der Waals surface area contributed by atoms with E-state index in [0.717, 1.165) is 22.5 Å². The summed E-state index contributed by atoms with van der Waals surface area (Å²) in [6, 6.07) is 18.5. The quantitative estimate of drug-likeness (QED) is 0.197. The summed E-state index contributed by atoms with van der Waals surface area (Å²) >= 11 is 1.42. The van der Waals surface area contributed by atoms with Crippen LogP contribution in [0.15, 0.2) is 83.4 Å². The molecule has 0 fully saturated rings. The third kappa shape index (κ3) is 7.17. The fourth-order valence-corrected chi connectivity index (χ4v) is 6.05. The Morgan fingerprint density at radius 1 is 1.00 bits per heavy atom. The van der Waals surface area contributed by atoms with Crippen molar-refractivity contribution in [1.82, 2.24) is 24.6 Å². The van der Waals surface area contributed by atoms with Gasteiger partial charge in [-0.3, -0.25) is 4.57 Å². The smallest absolute Gasteiger partial charge is 0.406 e. The average Bonchev–Trinajstić information content (AvgIpc) is 3.59. The third-order valence-electron chi connectivity index (χ3n) is 7.31. The topological polar surface area (TPSA) is 86.3 Å². The molecule has 234 valence electrons. The molecule has 1 N–H and O–H groups in total. The molecule has 8 nitrogen and oxygen atoms in total. The summed E-state index contributed by atoms with van der Waals surface area (Å²) in [6.45, 7) is 12.2. The van der Waals surface area contributed by atoms with Gasteiger partial charge < -0.3 is 10.1 Å². The van der Waals surface area contributed by atoms with E-state index >= 15 is 0 Å². The van der Waals surface area contributed by atoms with Crippen LogP contribution in [0.3, 0.4) is 0 Å². The Labute approximate surface area is 262 Å². The Balaban J connectivity index is 1.32. The lowest BCUT2D eigenvalue weighted by Crippen LogP contribution is -2.40. The monoisotopic (exact) mass is 634 g/mol. The van der Waals surface area contributed by atoms with E-state index in [9.17, 15) is 18.0 Å². The molecule has 2 heterocycles. The van der Waals surface area contributed by atoms with Crippen molar-refractivity contribution in [3.63, 3.8) is 0 Å². The number of ether oxygens (including phenoxy) is 1. The molecule has 5 rings (SSSR count). The van der Waals surface area contributed by atoms with Crippen LogP contribution in [0.2, 0.25) is 0 Å². The zero-order valence-corrected chi connectivity index (χ0v) is 26.5. The number of hydrogen-bond donors (Lipinski definition) is 1. The molecule has 12 heteroatoms. The van der Waals surface area contributed by atoms with Crippen LogP contribution in [0.4, 0.5) is 18.0 Å². The van der Waals surface area contributed by atoms with E-state index in [1.54, 1.807) is 0 Å². The molecule has 2 aromatic heterocycles. The molecule has 2 amide bonds. The molecule has 0 spiro atoms. The van der Waals surface area contributed by atoms with E-state index in [-0.39, 0.29) is 5.75 Å². The molecule has 0 aliphatic heterocycles. The number of rotatable bonds is 7. The minimum absolute atomic E-state index is 0.300. The molecule has 0 aliphatic rings. The number of carbonyl (C=O) groups is 1. The van der Waals surface area contributed by atoms with E-state index in [0.29, 0.717) is 22.2 Å². The Hall–Kier alpha value is -4.71. The largest absolute Gasteiger partial charge is 0.573 e. The highest BCUT2D eigenvalue weighted by Crippen LogP contribution is 2.28. The summed E-state index contributed by atoms with van der Waals surface area (Å²) in [4.78, 5) is 22.6. The van der Waals surface area contributed by atoms with E-state index < -0.39 is 17.9 Å². The maximum atomic E-state index is 13.2. The van der Waals surface area contributed by atoms with Crippen LogP contribution in [-0.2, 0) is 5.54 Å². The second-order valence-electron chi connectivity index (χ2n) is 11.5. The summed E-state index contributed by atoms with van der Waals surface area (Å²) in [5, 5.41) is 9.48. The van der Waals surface area contributed by atoms with Crippen molar-refractivity contribution < 1.29 is 22.7 Å². The molecule has 0 bridgehead atoms. The van der Waals surface area contributed by atoms with Crippen LogP contribution < -0.4 is 14.9 Å². The molecule has 0 saturated heterocycles. The normalized spacial score (nSPS) is 12.5. The predicted octanol–water partition coefficient (Wildman–Crippen LogP) is 7.97. The zero-order valence-electron chi connectivity index (χ0n) is 25.7. The summed E-state index contributed by atoms with van der Waals surface area (Å²) < 4.78 is 44.8. The van der Waals surface area contributed by atoms with Gasteiger partial charge in [0.05, 0.1) is 16.9 Å². The molecule has 5 aromatic rings. The maximum absolute atomic E-state index is 13.2. The number of benzene rings is 3. The highest BCUT2D eigenvalue weighted by molar-refractivity contribution is 7.07. The number of hydrogen-bond acceptors (Lipinski definition) is 5. The summed E-state index contributed by atoms with van der Waals surface area (Å²) in [7, 11) is 0. The van der Waals surface area contributed by atoms with Crippen molar-refractivity contribution in [2.24, 2.45) is 4.99 Å². The molecular formula is C33H33F3N6O2S. The number of alkyl halides is 3. The van der Waals surface area contributed by atoms with Gasteiger partial charge in [-0.1, -0.05) is 50.2 Å². The van der Waals surface area contributed by atoms with Crippen molar-refractivity contribution in [3.8, 4) is 28.5 Å². The van der Waals surface area contributed by atoms with Gasteiger partial charge in [-0.25, -0.2) is 14.5 Å². The number of nitrogens with one attached hydrogen (secondary N) is 1. The first kappa shape index (κ1) is 31.7. The highest BCUT2D eigenvalue weighted by Gasteiger charge is 2.31. The van der Waals surface area contributed by atoms with Crippen molar-refractivity contribution >= 4 is 17.4 Å². The zero-order chi connectivity index (χ0) is 32.5. The van der Waals surface area contributed by atoms with Crippen LogP contribution in [0.5, 0.6) is 5.75 Å². The minimum atomic E-state index is -4.76. The van der Waals surface area contributed by atoms with Crippen molar-refractivity contribution in [3.05, 3.63) is 106 Å². The summed E-state index contributed by atoms with van der Waals surface area (Å²) in [5.74, 6) is 0.415. The number of halogens is 3. The van der Waals surface area contributed by atoms with Crippen LogP contribution in [-0.4, -0.2) is 31.7 Å². The first-order chi connectivity index (χ1) is 21.2. The highest BCUT2D eigenvalue weighted by atomic mass is 32.1. The number of aromatic nitrogens is 4. The Bertz CT molecular complexity index is 1890. The van der Waals surface area contributed by atoms with Gasteiger partial charge in [-0.2, -0.15) is 4.99 Å². The minimum Gasteiger partial charge on any atom is -0.406 e. The van der Waals surface area contributed by atoms with Crippen LogP contribution >= 0.6 is 11.3 Å². The summed E-state index contributed by atoms with van der Waals surface area (Å²) in [6.07, 6.45) is -3.28. The lowest BCUT2D eigenvalue weighted by Gasteiger charge is -2.26. The van der Waals surface area contributed by atoms with E-state index in [1.807, 2.05) is 61.1 Å². The fraction of sp³-hybridized carbons (Fsp3) is 0.273. The Kier molecular flexibility index (Phi) is 8.70. The molecule has 0 aliphatic carbocycles. The van der Waals surface area contributed by atoms with Gasteiger partial charge in [0.2, 0.25) is 0 Å². The predicted molar refractivity (Wildman–Crippen MR) is 168 cm³/mol. The van der Waals surface area contributed by atoms with Gasteiger partial charge in [0.15, 0.2) is 10.6 Å². The van der Waals surface area contributed by atoms with Gasteiger partial charge in [0.1, 0.15) is 12.1 Å². The number of nitrogens with zero attached hydrogens (tertiary/aromatic N) is 5. The lowest BCUT2D eigenvalue weighted by atomic mass is 9.93. The van der Waals surface area contributed by atoms with Crippen LogP contribution in [0.25, 0.3) is 22.8 Å². The number of urea groups is 1. The van der Waals surface area contributed by atoms with E-state index in [1.165, 1.54) is 57.7 Å². The second kappa shape index (κ2) is 12.4. The third-order valence-corrected chi connectivity index (χ3v) is 8.25. The second-order valence-corrected chi connectivity index (χ2v) is 12.3. The number of amides is 2. The molecule has 0 unspecified atom stereocenters. The van der Waals surface area contributed by atoms with Gasteiger partial charge in [-0.05, 0) is 80.6 Å². The van der Waals surface area contributed by atoms with Crippen LogP contribution in [0, 0.1) is 13.8 Å². The van der Waals surface area contributed by atoms with Gasteiger partial charge in [0, 0.05) is 16.6 Å². The van der Waals surface area contributed by atoms with Crippen molar-refractivity contribution in [2.75, 3.05) is 0 Å².